The second-order valence-corrected chi connectivity index (χ2v) is 12.7. The zero-order chi connectivity index (χ0) is 31.5. The van der Waals surface area contributed by atoms with Gasteiger partial charge in [0.2, 0.25) is 0 Å². The van der Waals surface area contributed by atoms with E-state index in [0.717, 1.165) is 29.3 Å². The first-order valence-electron chi connectivity index (χ1n) is 14.7. The van der Waals surface area contributed by atoms with Crippen molar-refractivity contribution < 1.29 is 22.7 Å². The van der Waals surface area contributed by atoms with Crippen LogP contribution in [0.4, 0.5) is 18.0 Å². The minimum atomic E-state index is -0.749. The molecule has 4 rings (SSSR count). The van der Waals surface area contributed by atoms with Crippen LogP contribution in [0.25, 0.3) is 11.4 Å². The fourth-order valence-electron chi connectivity index (χ4n) is 5.67. The summed E-state index contributed by atoms with van der Waals surface area (Å²) in [6, 6.07) is 9.35. The molecule has 43 heavy (non-hydrogen) atoms. The number of amides is 2. The minimum Gasteiger partial charge on any atom is -0.372 e. The average molecular weight is 601 g/mol. The Kier molecular flexibility index (Phi) is 10.2. The van der Waals surface area contributed by atoms with Crippen LogP contribution >= 0.6 is 0 Å². The maximum Gasteiger partial charge on any atom is 0.320 e. The van der Waals surface area contributed by atoms with Gasteiger partial charge in [0.05, 0.1) is 30.4 Å². The maximum absolute atomic E-state index is 15.0. The SMILES string of the molecule is Cc1cccc(Cn2nc(-c3cc(F)ccc3F)nc2[C@H](N(CC[C@H](N)CF)C(=O)N2C[C@@H](C)O[C@@H](C)C2)C(C)(C)C)c1. The summed E-state index contributed by atoms with van der Waals surface area (Å²) in [5, 5.41) is 4.67. The first-order valence-corrected chi connectivity index (χ1v) is 14.7. The molecule has 1 aliphatic rings. The fraction of sp³-hybridized carbons (Fsp3) is 0.531. The summed E-state index contributed by atoms with van der Waals surface area (Å²) in [4.78, 5) is 22.6. The van der Waals surface area contributed by atoms with Crippen molar-refractivity contribution in [3.05, 3.63) is 71.1 Å². The third-order valence-electron chi connectivity index (χ3n) is 7.54. The smallest absolute Gasteiger partial charge is 0.320 e. The molecule has 234 valence electrons. The number of ether oxygens (including phenoxy) is 1. The van der Waals surface area contributed by atoms with E-state index >= 15 is 0 Å². The van der Waals surface area contributed by atoms with Crippen molar-refractivity contribution in [1.82, 2.24) is 24.6 Å². The van der Waals surface area contributed by atoms with Crippen molar-refractivity contribution >= 4 is 6.03 Å². The molecule has 1 aliphatic heterocycles. The molecule has 0 radical (unpaired) electrons. The average Bonchev–Trinajstić information content (AvgIpc) is 3.32. The summed E-state index contributed by atoms with van der Waals surface area (Å²) >= 11 is 0. The molecule has 1 aromatic heterocycles. The molecule has 2 N–H and O–H groups in total. The first kappa shape index (κ1) is 32.5. The molecule has 1 fully saturated rings. The molecular formula is C32H43F3N6O2. The number of aromatic nitrogens is 3. The summed E-state index contributed by atoms with van der Waals surface area (Å²) in [6.45, 7) is 12.2. The minimum absolute atomic E-state index is 0.00961. The number of nitrogens with zero attached hydrogens (tertiary/aromatic N) is 5. The quantitative estimate of drug-likeness (QED) is 0.331. The van der Waals surface area contributed by atoms with Crippen molar-refractivity contribution in [2.45, 2.75) is 78.8 Å². The number of nitrogens with two attached hydrogens (primary N) is 1. The van der Waals surface area contributed by atoms with Gasteiger partial charge in [0.15, 0.2) is 11.6 Å². The predicted octanol–water partition coefficient (Wildman–Crippen LogP) is 5.89. The van der Waals surface area contributed by atoms with E-state index < -0.39 is 35.8 Å². The maximum atomic E-state index is 15.0. The Morgan fingerprint density at radius 3 is 2.47 bits per heavy atom. The van der Waals surface area contributed by atoms with Gasteiger partial charge in [0.25, 0.3) is 0 Å². The molecule has 0 aliphatic carbocycles. The van der Waals surface area contributed by atoms with Crippen molar-refractivity contribution in [2.75, 3.05) is 26.3 Å². The largest absolute Gasteiger partial charge is 0.372 e. The van der Waals surface area contributed by atoms with Crippen LogP contribution in [0.1, 0.15) is 64.0 Å². The first-order chi connectivity index (χ1) is 20.3. The highest BCUT2D eigenvalue weighted by molar-refractivity contribution is 5.75. The number of morpholine rings is 1. The second kappa shape index (κ2) is 13.5. The molecule has 1 saturated heterocycles. The fourth-order valence-corrected chi connectivity index (χ4v) is 5.67. The highest BCUT2D eigenvalue weighted by Crippen LogP contribution is 2.39. The van der Waals surface area contributed by atoms with E-state index in [-0.39, 0.29) is 49.1 Å². The molecule has 2 heterocycles. The molecule has 2 aromatic carbocycles. The summed E-state index contributed by atoms with van der Waals surface area (Å²) in [7, 11) is 0. The normalized spacial score (nSPS) is 18.9. The van der Waals surface area contributed by atoms with Crippen LogP contribution in [0.5, 0.6) is 0 Å². The number of rotatable bonds is 9. The lowest BCUT2D eigenvalue weighted by molar-refractivity contribution is -0.0613. The predicted molar refractivity (Wildman–Crippen MR) is 160 cm³/mol. The Labute approximate surface area is 252 Å². The summed E-state index contributed by atoms with van der Waals surface area (Å²) in [5.41, 5.74) is 7.29. The molecule has 3 aromatic rings. The number of aryl methyl sites for hydroxylation is 1. The third kappa shape index (κ3) is 7.94. The highest BCUT2D eigenvalue weighted by atomic mass is 19.1. The molecule has 4 atom stereocenters. The van der Waals surface area contributed by atoms with E-state index in [0.29, 0.717) is 18.9 Å². The van der Waals surface area contributed by atoms with E-state index in [1.165, 1.54) is 0 Å². The highest BCUT2D eigenvalue weighted by Gasteiger charge is 2.41. The molecule has 0 bridgehead atoms. The van der Waals surface area contributed by atoms with Gasteiger partial charge in [-0.25, -0.2) is 27.6 Å². The van der Waals surface area contributed by atoms with Crippen molar-refractivity contribution in [1.29, 1.82) is 0 Å². The van der Waals surface area contributed by atoms with Gasteiger partial charge >= 0.3 is 6.03 Å². The summed E-state index contributed by atoms with van der Waals surface area (Å²) < 4.78 is 50.3. The molecule has 0 saturated carbocycles. The Morgan fingerprint density at radius 2 is 1.84 bits per heavy atom. The van der Waals surface area contributed by atoms with Gasteiger partial charge in [-0.05, 0) is 56.4 Å². The Bertz CT molecular complexity index is 1400. The van der Waals surface area contributed by atoms with Crippen LogP contribution in [-0.4, -0.2) is 75.2 Å². The molecule has 0 unspecified atom stereocenters. The number of halogens is 3. The number of urea groups is 1. The summed E-state index contributed by atoms with van der Waals surface area (Å²) in [5.74, 6) is -0.862. The van der Waals surface area contributed by atoms with Gasteiger partial charge < -0.3 is 20.3 Å². The number of carbonyl (C=O) groups excluding carboxylic acids is 1. The van der Waals surface area contributed by atoms with E-state index in [4.69, 9.17) is 15.5 Å². The van der Waals surface area contributed by atoms with Crippen molar-refractivity contribution in [3.8, 4) is 11.4 Å². The van der Waals surface area contributed by atoms with E-state index in [9.17, 15) is 18.0 Å². The molecule has 8 nitrogen and oxygen atoms in total. The second-order valence-electron chi connectivity index (χ2n) is 12.7. The lowest BCUT2D eigenvalue weighted by atomic mass is 9.84. The topological polar surface area (TPSA) is 89.5 Å². The number of benzene rings is 2. The van der Waals surface area contributed by atoms with Crippen LogP contribution in [-0.2, 0) is 11.3 Å². The van der Waals surface area contributed by atoms with Gasteiger partial charge in [0, 0.05) is 25.7 Å². The number of hydrogen-bond donors (Lipinski definition) is 1. The van der Waals surface area contributed by atoms with E-state index in [1.807, 2.05) is 65.8 Å². The zero-order valence-corrected chi connectivity index (χ0v) is 25.9. The van der Waals surface area contributed by atoms with Crippen LogP contribution in [0.2, 0.25) is 0 Å². The molecule has 0 spiro atoms. The summed E-state index contributed by atoms with van der Waals surface area (Å²) in [6.07, 6.45) is -0.103. The van der Waals surface area contributed by atoms with Crippen LogP contribution < -0.4 is 5.73 Å². The van der Waals surface area contributed by atoms with Crippen LogP contribution in [0, 0.1) is 24.0 Å². The third-order valence-corrected chi connectivity index (χ3v) is 7.54. The van der Waals surface area contributed by atoms with Crippen LogP contribution in [0.15, 0.2) is 42.5 Å². The van der Waals surface area contributed by atoms with Crippen molar-refractivity contribution in [3.63, 3.8) is 0 Å². The molecule has 2 amide bonds. The molecular weight excluding hydrogens is 557 g/mol. The Morgan fingerprint density at radius 1 is 1.14 bits per heavy atom. The lowest BCUT2D eigenvalue weighted by Crippen LogP contribution is -2.55. The lowest BCUT2D eigenvalue weighted by Gasteiger charge is -2.44. The van der Waals surface area contributed by atoms with Crippen molar-refractivity contribution in [2.24, 2.45) is 11.1 Å². The molecule has 11 heteroatoms. The van der Waals surface area contributed by atoms with Gasteiger partial charge in [-0.3, -0.25) is 0 Å². The zero-order valence-electron chi connectivity index (χ0n) is 25.9. The van der Waals surface area contributed by atoms with E-state index in [2.05, 4.69) is 5.10 Å². The number of carbonyl (C=O) groups is 1. The number of hydrogen-bond acceptors (Lipinski definition) is 5. The Hall–Kier alpha value is -3.44. The van der Waals surface area contributed by atoms with Gasteiger partial charge in [-0.15, -0.1) is 0 Å². The monoisotopic (exact) mass is 600 g/mol. The van der Waals surface area contributed by atoms with Gasteiger partial charge in [-0.1, -0.05) is 50.6 Å². The Balaban J connectivity index is 1.87. The standard InChI is InChI=1S/C32H43F3N6O2/c1-20-8-7-9-23(14-20)19-41-30(37-29(38-41)26-15-24(34)10-11-27(26)35)28(32(4,5)6)40(13-12-25(36)16-33)31(42)39-17-21(2)43-22(3)18-39/h7-11,14-15,21-22,25,28H,12-13,16-19,36H2,1-6H3/t21-,22+,25-,28-/m0/s1. The van der Waals surface area contributed by atoms with E-state index in [1.54, 1.807) is 14.5 Å². The van der Waals surface area contributed by atoms with Gasteiger partial charge in [0.1, 0.15) is 18.3 Å². The van der Waals surface area contributed by atoms with Gasteiger partial charge in [-0.2, -0.15) is 5.10 Å². The number of alkyl halides is 1. The van der Waals surface area contributed by atoms with Crippen LogP contribution in [0.3, 0.4) is 0 Å².